The maximum absolute atomic E-state index is 12.6. The monoisotopic (exact) mass is 339 g/mol. The molecule has 2 heterocycles. The van der Waals surface area contributed by atoms with Crippen LogP contribution < -0.4 is 10.2 Å². The quantitative estimate of drug-likeness (QED) is 0.876. The molecule has 1 aliphatic rings. The van der Waals surface area contributed by atoms with Gasteiger partial charge in [0.1, 0.15) is 0 Å². The van der Waals surface area contributed by atoms with Crippen molar-refractivity contribution >= 4 is 17.5 Å². The summed E-state index contributed by atoms with van der Waals surface area (Å²) in [4.78, 5) is 25.1. The first kappa shape index (κ1) is 17.2. The summed E-state index contributed by atoms with van der Waals surface area (Å²) in [5.41, 5.74) is 1.79. The van der Waals surface area contributed by atoms with Crippen LogP contribution >= 0.6 is 0 Å². The standard InChI is InChI=1S/C19H25N5O/c1-3-20-19-21-11-16(12-22-19)18(25)23(2)13-15-9-10-24(14-15)17-7-5-4-6-8-17/h4-8,11-12,15H,3,9-10,13-14H2,1-2H3,(H,20,21,22)/t15-/m1/s1. The van der Waals surface area contributed by atoms with E-state index in [-0.39, 0.29) is 5.91 Å². The first-order valence-corrected chi connectivity index (χ1v) is 8.78. The summed E-state index contributed by atoms with van der Waals surface area (Å²) in [6.45, 7) is 5.51. The second-order valence-electron chi connectivity index (χ2n) is 6.45. The van der Waals surface area contributed by atoms with Crippen molar-refractivity contribution in [3.8, 4) is 0 Å². The highest BCUT2D eigenvalue weighted by Gasteiger charge is 2.25. The van der Waals surface area contributed by atoms with E-state index in [1.54, 1.807) is 17.3 Å². The van der Waals surface area contributed by atoms with Crippen LogP contribution in [0.2, 0.25) is 0 Å². The minimum Gasteiger partial charge on any atom is -0.371 e. The van der Waals surface area contributed by atoms with Gasteiger partial charge in [-0.15, -0.1) is 0 Å². The number of para-hydroxylation sites is 1. The number of anilines is 2. The Bertz CT molecular complexity index is 689. The highest BCUT2D eigenvalue weighted by atomic mass is 16.2. The first-order valence-electron chi connectivity index (χ1n) is 8.78. The molecular formula is C19H25N5O. The van der Waals surface area contributed by atoms with Crippen LogP contribution in [0.4, 0.5) is 11.6 Å². The van der Waals surface area contributed by atoms with Crippen LogP contribution in [0.5, 0.6) is 0 Å². The third-order valence-corrected chi connectivity index (χ3v) is 4.52. The third kappa shape index (κ3) is 4.26. The Kier molecular flexibility index (Phi) is 5.48. The summed E-state index contributed by atoms with van der Waals surface area (Å²) in [7, 11) is 1.85. The fourth-order valence-electron chi connectivity index (χ4n) is 3.23. The van der Waals surface area contributed by atoms with Gasteiger partial charge in [-0.3, -0.25) is 4.79 Å². The first-order chi connectivity index (χ1) is 12.2. The molecule has 2 aromatic rings. The van der Waals surface area contributed by atoms with E-state index in [0.29, 0.717) is 17.4 Å². The lowest BCUT2D eigenvalue weighted by atomic mass is 10.1. The maximum atomic E-state index is 12.6. The number of amides is 1. The van der Waals surface area contributed by atoms with Crippen molar-refractivity contribution in [2.45, 2.75) is 13.3 Å². The van der Waals surface area contributed by atoms with E-state index in [4.69, 9.17) is 0 Å². The maximum Gasteiger partial charge on any atom is 0.256 e. The minimum absolute atomic E-state index is 0.0267. The lowest BCUT2D eigenvalue weighted by molar-refractivity contribution is 0.0775. The molecule has 1 atom stereocenters. The van der Waals surface area contributed by atoms with Gasteiger partial charge in [-0.05, 0) is 31.4 Å². The Hall–Kier alpha value is -2.63. The average molecular weight is 339 g/mol. The molecule has 3 rings (SSSR count). The average Bonchev–Trinajstić information content (AvgIpc) is 3.11. The highest BCUT2D eigenvalue weighted by Crippen LogP contribution is 2.24. The number of nitrogens with one attached hydrogen (secondary N) is 1. The van der Waals surface area contributed by atoms with Gasteiger partial charge in [0, 0.05) is 51.3 Å². The predicted octanol–water partition coefficient (Wildman–Crippen LogP) is 2.51. The molecule has 0 saturated carbocycles. The summed E-state index contributed by atoms with van der Waals surface area (Å²) < 4.78 is 0. The lowest BCUT2D eigenvalue weighted by Crippen LogP contribution is -2.33. The molecule has 1 amide bonds. The van der Waals surface area contributed by atoms with Crippen LogP contribution in [0, 0.1) is 5.92 Å². The Balaban J connectivity index is 1.55. The van der Waals surface area contributed by atoms with Gasteiger partial charge in [-0.25, -0.2) is 9.97 Å². The van der Waals surface area contributed by atoms with Gasteiger partial charge in [0.2, 0.25) is 5.95 Å². The number of nitrogens with zero attached hydrogens (tertiary/aromatic N) is 4. The molecule has 0 aliphatic carbocycles. The molecule has 1 aromatic carbocycles. The summed E-state index contributed by atoms with van der Waals surface area (Å²) >= 11 is 0. The van der Waals surface area contributed by atoms with Gasteiger partial charge in [0.05, 0.1) is 5.56 Å². The molecule has 6 nitrogen and oxygen atoms in total. The Morgan fingerprint density at radius 2 is 2.00 bits per heavy atom. The number of hydrogen-bond donors (Lipinski definition) is 1. The zero-order valence-electron chi connectivity index (χ0n) is 14.9. The molecule has 1 saturated heterocycles. The number of rotatable bonds is 6. The molecule has 1 N–H and O–H groups in total. The Labute approximate surface area is 148 Å². The second kappa shape index (κ2) is 7.96. The van der Waals surface area contributed by atoms with Gasteiger partial charge in [0.15, 0.2) is 0 Å². The van der Waals surface area contributed by atoms with Crippen LogP contribution in [0.15, 0.2) is 42.7 Å². The lowest BCUT2D eigenvalue weighted by Gasteiger charge is -2.22. The SMILES string of the molecule is CCNc1ncc(C(=O)N(C)C[C@H]2CCN(c3ccccc3)C2)cn1. The number of carbonyl (C=O) groups excluding carboxylic acids is 1. The molecule has 1 aliphatic heterocycles. The highest BCUT2D eigenvalue weighted by molar-refractivity contribution is 5.93. The fraction of sp³-hybridized carbons (Fsp3) is 0.421. The normalized spacial score (nSPS) is 16.7. The smallest absolute Gasteiger partial charge is 0.256 e. The summed E-state index contributed by atoms with van der Waals surface area (Å²) in [6, 6.07) is 10.4. The fourth-order valence-corrected chi connectivity index (χ4v) is 3.23. The van der Waals surface area contributed by atoms with Crippen LogP contribution in [0.25, 0.3) is 0 Å². The van der Waals surface area contributed by atoms with Crippen molar-refractivity contribution in [1.29, 1.82) is 0 Å². The van der Waals surface area contributed by atoms with Gasteiger partial charge in [0.25, 0.3) is 5.91 Å². The molecular weight excluding hydrogens is 314 g/mol. The van der Waals surface area contributed by atoms with E-state index in [2.05, 4.69) is 44.5 Å². The summed E-state index contributed by atoms with van der Waals surface area (Å²) in [5, 5.41) is 3.03. The zero-order chi connectivity index (χ0) is 17.6. The van der Waals surface area contributed by atoms with Crippen molar-refractivity contribution in [1.82, 2.24) is 14.9 Å². The van der Waals surface area contributed by atoms with E-state index in [1.165, 1.54) is 5.69 Å². The summed E-state index contributed by atoms with van der Waals surface area (Å²) in [6.07, 6.45) is 4.28. The van der Waals surface area contributed by atoms with Gasteiger partial charge in [-0.2, -0.15) is 0 Å². The van der Waals surface area contributed by atoms with E-state index in [9.17, 15) is 4.79 Å². The Morgan fingerprint density at radius 1 is 1.28 bits per heavy atom. The van der Waals surface area contributed by atoms with Gasteiger partial charge in [-0.1, -0.05) is 18.2 Å². The number of benzene rings is 1. The largest absolute Gasteiger partial charge is 0.371 e. The Morgan fingerprint density at radius 3 is 2.68 bits per heavy atom. The van der Waals surface area contributed by atoms with E-state index >= 15 is 0 Å². The van der Waals surface area contributed by atoms with Crippen LogP contribution in [-0.2, 0) is 0 Å². The second-order valence-corrected chi connectivity index (χ2v) is 6.45. The molecule has 25 heavy (non-hydrogen) atoms. The molecule has 132 valence electrons. The molecule has 0 radical (unpaired) electrons. The van der Waals surface area contributed by atoms with Crippen LogP contribution in [0.1, 0.15) is 23.7 Å². The molecule has 0 unspecified atom stereocenters. The van der Waals surface area contributed by atoms with E-state index in [0.717, 1.165) is 32.6 Å². The van der Waals surface area contributed by atoms with Crippen molar-refractivity contribution in [2.75, 3.05) is 43.4 Å². The molecule has 1 aromatic heterocycles. The molecule has 0 bridgehead atoms. The van der Waals surface area contributed by atoms with Crippen molar-refractivity contribution in [3.63, 3.8) is 0 Å². The van der Waals surface area contributed by atoms with Crippen molar-refractivity contribution in [3.05, 3.63) is 48.3 Å². The topological polar surface area (TPSA) is 61.4 Å². The number of hydrogen-bond acceptors (Lipinski definition) is 5. The molecule has 0 spiro atoms. The van der Waals surface area contributed by atoms with Gasteiger partial charge < -0.3 is 15.1 Å². The van der Waals surface area contributed by atoms with Crippen LogP contribution in [-0.4, -0.2) is 54.0 Å². The van der Waals surface area contributed by atoms with E-state index < -0.39 is 0 Å². The molecule has 6 heteroatoms. The van der Waals surface area contributed by atoms with Crippen molar-refractivity contribution < 1.29 is 4.79 Å². The summed E-state index contributed by atoms with van der Waals surface area (Å²) in [5.74, 6) is 1.01. The molecule has 1 fully saturated rings. The van der Waals surface area contributed by atoms with E-state index in [1.807, 2.05) is 20.0 Å². The number of carbonyl (C=O) groups is 1. The van der Waals surface area contributed by atoms with Gasteiger partial charge >= 0.3 is 0 Å². The predicted molar refractivity (Wildman–Crippen MR) is 99.9 cm³/mol. The number of aromatic nitrogens is 2. The minimum atomic E-state index is -0.0267. The van der Waals surface area contributed by atoms with Crippen LogP contribution in [0.3, 0.4) is 0 Å². The zero-order valence-corrected chi connectivity index (χ0v) is 14.9. The third-order valence-electron chi connectivity index (χ3n) is 4.52. The van der Waals surface area contributed by atoms with Crippen molar-refractivity contribution in [2.24, 2.45) is 5.92 Å².